The number of hydrazone groups is 1. The van der Waals surface area contributed by atoms with Gasteiger partial charge in [-0.05, 0) is 29.8 Å². The van der Waals surface area contributed by atoms with Gasteiger partial charge in [0.25, 0.3) is 5.69 Å². The van der Waals surface area contributed by atoms with Gasteiger partial charge < -0.3 is 4.74 Å². The van der Waals surface area contributed by atoms with Gasteiger partial charge in [0.15, 0.2) is 0 Å². The smallest absolute Gasteiger partial charge is 0.337 e. The van der Waals surface area contributed by atoms with Crippen molar-refractivity contribution in [3.63, 3.8) is 0 Å². The van der Waals surface area contributed by atoms with Crippen molar-refractivity contribution < 1.29 is 22.9 Å². The van der Waals surface area contributed by atoms with Gasteiger partial charge in [-0.15, -0.1) is 0 Å². The van der Waals surface area contributed by atoms with Crippen LogP contribution in [0.1, 0.15) is 29.8 Å². The molecule has 2 rings (SSSR count). The number of sulfonamides is 1. The highest BCUT2D eigenvalue weighted by molar-refractivity contribution is 7.89. The Labute approximate surface area is 174 Å². The summed E-state index contributed by atoms with van der Waals surface area (Å²) in [4.78, 5) is 22.0. The minimum Gasteiger partial charge on any atom is -0.465 e. The first kappa shape index (κ1) is 23.0. The van der Waals surface area contributed by atoms with E-state index in [0.717, 1.165) is 6.07 Å². The van der Waals surface area contributed by atoms with Gasteiger partial charge in [-0.25, -0.2) is 13.2 Å². The molecule has 0 unspecified atom stereocenters. The Kier molecular flexibility index (Phi) is 7.61. The minimum absolute atomic E-state index is 0.0425. The zero-order valence-corrected chi connectivity index (χ0v) is 17.5. The molecule has 30 heavy (non-hydrogen) atoms. The van der Waals surface area contributed by atoms with Crippen molar-refractivity contribution in [2.45, 2.75) is 18.7 Å². The molecule has 0 saturated carbocycles. The van der Waals surface area contributed by atoms with Crippen LogP contribution in [0.3, 0.4) is 0 Å². The predicted molar refractivity (Wildman–Crippen MR) is 112 cm³/mol. The highest BCUT2D eigenvalue weighted by Gasteiger charge is 2.25. The molecule has 0 aliphatic carbocycles. The van der Waals surface area contributed by atoms with E-state index < -0.39 is 26.6 Å². The Morgan fingerprint density at radius 3 is 2.37 bits per heavy atom. The number of ether oxygens (including phenoxy) is 1. The second-order valence-electron chi connectivity index (χ2n) is 6.01. The van der Waals surface area contributed by atoms with Crippen LogP contribution in [0.25, 0.3) is 0 Å². The quantitative estimate of drug-likeness (QED) is 0.278. The van der Waals surface area contributed by atoms with Gasteiger partial charge in [0.2, 0.25) is 10.0 Å². The predicted octanol–water partition coefficient (Wildman–Crippen LogP) is 2.86. The van der Waals surface area contributed by atoms with Crippen molar-refractivity contribution in [1.29, 1.82) is 0 Å². The molecule has 0 aliphatic heterocycles. The fourth-order valence-corrected chi connectivity index (χ4v) is 4.11. The topological polar surface area (TPSA) is 131 Å². The molecular weight excluding hydrogens is 412 g/mol. The van der Waals surface area contributed by atoms with Crippen molar-refractivity contribution >= 4 is 33.6 Å². The average Bonchev–Trinajstić information content (AvgIpc) is 2.74. The maximum Gasteiger partial charge on any atom is 0.337 e. The van der Waals surface area contributed by atoms with Crippen LogP contribution in [0.5, 0.6) is 0 Å². The van der Waals surface area contributed by atoms with Gasteiger partial charge in [0, 0.05) is 19.2 Å². The van der Waals surface area contributed by atoms with Crippen LogP contribution in [-0.2, 0) is 14.8 Å². The molecule has 160 valence electrons. The van der Waals surface area contributed by atoms with Crippen LogP contribution in [0.2, 0.25) is 0 Å². The molecule has 0 saturated heterocycles. The monoisotopic (exact) mass is 434 g/mol. The molecule has 0 amide bonds. The first-order chi connectivity index (χ1) is 14.2. The van der Waals surface area contributed by atoms with E-state index in [1.54, 1.807) is 38.1 Å². The van der Waals surface area contributed by atoms with Crippen LogP contribution in [0.15, 0.2) is 52.5 Å². The van der Waals surface area contributed by atoms with E-state index in [9.17, 15) is 23.3 Å². The molecule has 0 spiro atoms. The van der Waals surface area contributed by atoms with Crippen molar-refractivity contribution in [2.75, 3.05) is 25.6 Å². The molecule has 2 aromatic rings. The number of methoxy groups -OCH3 is 1. The molecule has 2 aromatic carbocycles. The third kappa shape index (κ3) is 5.19. The molecule has 0 atom stereocenters. The number of carbonyl (C=O) groups excluding carboxylic acids is 1. The number of hydrogen-bond donors (Lipinski definition) is 1. The summed E-state index contributed by atoms with van der Waals surface area (Å²) in [6, 6.07) is 9.98. The third-order valence-electron chi connectivity index (χ3n) is 4.24. The van der Waals surface area contributed by atoms with E-state index >= 15 is 0 Å². The summed E-state index contributed by atoms with van der Waals surface area (Å²) in [6.07, 6.45) is 1.41. The summed E-state index contributed by atoms with van der Waals surface area (Å²) in [5.41, 5.74) is 3.20. The van der Waals surface area contributed by atoms with Gasteiger partial charge >= 0.3 is 5.97 Å². The van der Waals surface area contributed by atoms with Crippen molar-refractivity contribution in [3.8, 4) is 0 Å². The first-order valence-electron chi connectivity index (χ1n) is 9.00. The van der Waals surface area contributed by atoms with E-state index in [-0.39, 0.29) is 23.7 Å². The van der Waals surface area contributed by atoms with E-state index in [1.807, 2.05) is 0 Å². The van der Waals surface area contributed by atoms with E-state index in [4.69, 9.17) is 0 Å². The van der Waals surface area contributed by atoms with Crippen molar-refractivity contribution in [3.05, 3.63) is 63.7 Å². The van der Waals surface area contributed by atoms with E-state index in [2.05, 4.69) is 15.3 Å². The van der Waals surface area contributed by atoms with Crippen molar-refractivity contribution in [2.24, 2.45) is 5.10 Å². The number of nitrogens with zero attached hydrogens (tertiary/aromatic N) is 3. The molecule has 0 fully saturated rings. The standard InChI is InChI=1S/C19H22N4O6S/c1-4-22(5-2)30(27,28)16-10-11-17(18(12-16)23(25)26)21-20-13-14-6-8-15(9-7-14)19(24)29-3/h6-13,21H,4-5H2,1-3H3/b20-13+. The molecule has 1 N–H and O–H groups in total. The Bertz CT molecular complexity index is 1050. The van der Waals surface area contributed by atoms with Gasteiger partial charge in [0.1, 0.15) is 5.69 Å². The van der Waals surface area contributed by atoms with Crippen LogP contribution in [0, 0.1) is 10.1 Å². The highest BCUT2D eigenvalue weighted by atomic mass is 32.2. The zero-order valence-electron chi connectivity index (χ0n) is 16.7. The second-order valence-corrected chi connectivity index (χ2v) is 7.95. The fraction of sp³-hybridized carbons (Fsp3) is 0.263. The van der Waals surface area contributed by atoms with Gasteiger partial charge in [-0.2, -0.15) is 9.41 Å². The number of nitrogens with one attached hydrogen (secondary N) is 1. The number of hydrogen-bond acceptors (Lipinski definition) is 8. The summed E-state index contributed by atoms with van der Waals surface area (Å²) in [6.45, 7) is 3.90. The molecule has 0 heterocycles. The van der Waals surface area contributed by atoms with Crippen LogP contribution < -0.4 is 5.43 Å². The normalized spacial score (nSPS) is 11.6. The number of carbonyl (C=O) groups is 1. The third-order valence-corrected chi connectivity index (χ3v) is 6.29. The first-order valence-corrected chi connectivity index (χ1v) is 10.4. The summed E-state index contributed by atoms with van der Waals surface area (Å²) >= 11 is 0. The van der Waals surface area contributed by atoms with Gasteiger partial charge in [0.05, 0.1) is 28.7 Å². The number of nitro benzene ring substituents is 1. The molecule has 0 radical (unpaired) electrons. The number of benzene rings is 2. The molecular formula is C19H22N4O6S. The molecule has 11 heteroatoms. The number of nitro groups is 1. The SMILES string of the molecule is CCN(CC)S(=O)(=O)c1ccc(N/N=C/c2ccc(C(=O)OC)cc2)c([N+](=O)[O-])c1. The van der Waals surface area contributed by atoms with Gasteiger partial charge in [-0.3, -0.25) is 15.5 Å². The maximum atomic E-state index is 12.6. The summed E-state index contributed by atoms with van der Waals surface area (Å²) < 4.78 is 31.0. The average molecular weight is 434 g/mol. The zero-order chi connectivity index (χ0) is 22.3. The van der Waals surface area contributed by atoms with E-state index in [1.165, 1.54) is 29.8 Å². The maximum absolute atomic E-state index is 12.6. The summed E-state index contributed by atoms with van der Waals surface area (Å²) in [7, 11) is -2.54. The summed E-state index contributed by atoms with van der Waals surface area (Å²) in [5.74, 6) is -0.466. The minimum atomic E-state index is -3.83. The molecule has 10 nitrogen and oxygen atoms in total. The highest BCUT2D eigenvalue weighted by Crippen LogP contribution is 2.29. The van der Waals surface area contributed by atoms with Gasteiger partial charge in [-0.1, -0.05) is 26.0 Å². The lowest BCUT2D eigenvalue weighted by molar-refractivity contribution is -0.384. The Hall–Kier alpha value is -3.31. The molecule has 0 aliphatic rings. The number of esters is 1. The Balaban J connectivity index is 2.25. The van der Waals surface area contributed by atoms with Crippen LogP contribution in [0.4, 0.5) is 11.4 Å². The summed E-state index contributed by atoms with van der Waals surface area (Å²) in [5, 5.41) is 15.4. The number of rotatable bonds is 9. The lowest BCUT2D eigenvalue weighted by Crippen LogP contribution is -2.30. The second kappa shape index (κ2) is 9.94. The van der Waals surface area contributed by atoms with Crippen LogP contribution >= 0.6 is 0 Å². The lowest BCUT2D eigenvalue weighted by atomic mass is 10.1. The number of anilines is 1. The van der Waals surface area contributed by atoms with Crippen LogP contribution in [-0.4, -0.2) is 50.0 Å². The fourth-order valence-electron chi connectivity index (χ4n) is 2.63. The molecule has 0 aromatic heterocycles. The lowest BCUT2D eigenvalue weighted by Gasteiger charge is -2.18. The van der Waals surface area contributed by atoms with Crippen molar-refractivity contribution in [1.82, 2.24) is 4.31 Å². The largest absolute Gasteiger partial charge is 0.465 e. The van der Waals surface area contributed by atoms with E-state index in [0.29, 0.717) is 11.1 Å². The molecule has 0 bridgehead atoms. The Morgan fingerprint density at radius 1 is 1.20 bits per heavy atom. The Morgan fingerprint density at radius 2 is 1.83 bits per heavy atom.